The van der Waals surface area contributed by atoms with Crippen LogP contribution >= 0.6 is 15.9 Å². The first-order valence-electron chi connectivity index (χ1n) is 5.86. The highest BCUT2D eigenvalue weighted by atomic mass is 79.9. The van der Waals surface area contributed by atoms with Crippen molar-refractivity contribution in [3.8, 4) is 0 Å². The molecule has 0 fully saturated rings. The first kappa shape index (κ1) is 14.6. The number of hydrogen-bond acceptors (Lipinski definition) is 3. The Bertz CT molecular complexity index is 344. The maximum atomic E-state index is 9.02. The summed E-state index contributed by atoms with van der Waals surface area (Å²) in [5, 5.41) is 17.9. The van der Waals surface area contributed by atoms with Crippen molar-refractivity contribution in [2.75, 3.05) is 26.3 Å². The van der Waals surface area contributed by atoms with Crippen molar-refractivity contribution < 1.29 is 10.2 Å². The number of aliphatic hydroxyl groups is 2. The van der Waals surface area contributed by atoms with Gasteiger partial charge in [0.25, 0.3) is 0 Å². The Kier molecular flexibility index (Phi) is 6.73. The van der Waals surface area contributed by atoms with E-state index in [9.17, 15) is 0 Å². The molecule has 0 aliphatic carbocycles. The summed E-state index contributed by atoms with van der Waals surface area (Å²) < 4.78 is 1.09. The van der Waals surface area contributed by atoms with Gasteiger partial charge in [-0.05, 0) is 36.6 Å². The Hall–Kier alpha value is -0.420. The highest BCUT2D eigenvalue weighted by molar-refractivity contribution is 9.10. The zero-order valence-electron chi connectivity index (χ0n) is 10.2. The lowest BCUT2D eigenvalue weighted by molar-refractivity contribution is 0.174. The summed E-state index contributed by atoms with van der Waals surface area (Å²) in [6.07, 6.45) is 0.746. The van der Waals surface area contributed by atoms with Crippen molar-refractivity contribution in [1.29, 1.82) is 0 Å². The monoisotopic (exact) mass is 301 g/mol. The molecule has 0 bridgehead atoms. The molecule has 3 nitrogen and oxygen atoms in total. The van der Waals surface area contributed by atoms with Crippen LogP contribution in [0.3, 0.4) is 0 Å². The SMILES string of the molecule is Cc1cc(Br)ccc1CN(CCO)CCCO. The zero-order chi connectivity index (χ0) is 12.7. The van der Waals surface area contributed by atoms with Gasteiger partial charge in [0.05, 0.1) is 6.61 Å². The van der Waals surface area contributed by atoms with Crippen LogP contribution in [0, 0.1) is 6.92 Å². The van der Waals surface area contributed by atoms with Crippen LogP contribution in [0.5, 0.6) is 0 Å². The Morgan fingerprint density at radius 3 is 2.53 bits per heavy atom. The summed E-state index contributed by atoms with van der Waals surface area (Å²) in [6.45, 7) is 4.72. The first-order chi connectivity index (χ1) is 8.17. The fourth-order valence-corrected chi connectivity index (χ4v) is 2.26. The van der Waals surface area contributed by atoms with Crippen LogP contribution in [-0.4, -0.2) is 41.4 Å². The number of nitrogens with zero attached hydrogens (tertiary/aromatic N) is 1. The van der Waals surface area contributed by atoms with Crippen LogP contribution in [0.15, 0.2) is 22.7 Å². The van der Waals surface area contributed by atoms with Crippen molar-refractivity contribution in [2.24, 2.45) is 0 Å². The average Bonchev–Trinajstić information content (AvgIpc) is 2.29. The third-order valence-electron chi connectivity index (χ3n) is 2.75. The molecule has 1 rings (SSSR count). The Balaban J connectivity index is 2.64. The van der Waals surface area contributed by atoms with E-state index < -0.39 is 0 Å². The van der Waals surface area contributed by atoms with E-state index in [2.05, 4.69) is 39.9 Å². The standard InChI is InChI=1S/C13H20BrNO2/c1-11-9-13(14)4-3-12(11)10-15(6-8-17)5-2-7-16/h3-4,9,16-17H,2,5-8,10H2,1H3. The molecule has 0 heterocycles. The topological polar surface area (TPSA) is 43.7 Å². The minimum absolute atomic E-state index is 0.154. The summed E-state index contributed by atoms with van der Waals surface area (Å²) in [6, 6.07) is 6.23. The maximum absolute atomic E-state index is 9.02. The van der Waals surface area contributed by atoms with Crippen LogP contribution in [-0.2, 0) is 6.54 Å². The molecular weight excluding hydrogens is 282 g/mol. The Labute approximate surface area is 111 Å². The number of aryl methyl sites for hydroxylation is 1. The van der Waals surface area contributed by atoms with Gasteiger partial charge in [-0.1, -0.05) is 22.0 Å². The number of benzene rings is 1. The van der Waals surface area contributed by atoms with E-state index in [1.807, 2.05) is 6.07 Å². The third kappa shape index (κ3) is 5.17. The van der Waals surface area contributed by atoms with Gasteiger partial charge in [0.2, 0.25) is 0 Å². The van der Waals surface area contributed by atoms with Crippen molar-refractivity contribution in [3.63, 3.8) is 0 Å². The number of aliphatic hydroxyl groups excluding tert-OH is 2. The molecule has 1 aromatic rings. The van der Waals surface area contributed by atoms with Crippen molar-refractivity contribution >= 4 is 15.9 Å². The molecule has 0 saturated carbocycles. The molecule has 0 amide bonds. The lowest BCUT2D eigenvalue weighted by Gasteiger charge is -2.22. The molecule has 0 unspecified atom stereocenters. The van der Waals surface area contributed by atoms with Crippen LogP contribution < -0.4 is 0 Å². The summed E-state index contributed by atoms with van der Waals surface area (Å²) in [5.74, 6) is 0. The first-order valence-corrected chi connectivity index (χ1v) is 6.65. The van der Waals surface area contributed by atoms with Gasteiger partial charge in [-0.2, -0.15) is 0 Å². The molecule has 0 saturated heterocycles. The third-order valence-corrected chi connectivity index (χ3v) is 3.24. The summed E-state index contributed by atoms with van der Waals surface area (Å²) in [5.41, 5.74) is 2.51. The number of halogens is 1. The van der Waals surface area contributed by atoms with E-state index in [0.717, 1.165) is 24.0 Å². The zero-order valence-corrected chi connectivity index (χ0v) is 11.8. The van der Waals surface area contributed by atoms with Gasteiger partial charge in [-0.15, -0.1) is 0 Å². The molecule has 0 radical (unpaired) electrons. The lowest BCUT2D eigenvalue weighted by Crippen LogP contribution is -2.28. The largest absolute Gasteiger partial charge is 0.396 e. The highest BCUT2D eigenvalue weighted by Crippen LogP contribution is 2.17. The predicted molar refractivity (Wildman–Crippen MR) is 72.9 cm³/mol. The van der Waals surface area contributed by atoms with Gasteiger partial charge in [-0.25, -0.2) is 0 Å². The fraction of sp³-hybridized carbons (Fsp3) is 0.538. The van der Waals surface area contributed by atoms with Gasteiger partial charge in [0.15, 0.2) is 0 Å². The Morgan fingerprint density at radius 2 is 1.94 bits per heavy atom. The molecule has 0 aromatic heterocycles. The molecule has 4 heteroatoms. The number of rotatable bonds is 7. The Morgan fingerprint density at radius 1 is 1.18 bits per heavy atom. The molecule has 96 valence electrons. The predicted octanol–water partition coefficient (Wildman–Crippen LogP) is 1.93. The second-order valence-electron chi connectivity index (χ2n) is 4.15. The van der Waals surface area contributed by atoms with E-state index in [0.29, 0.717) is 6.54 Å². The smallest absolute Gasteiger partial charge is 0.0558 e. The van der Waals surface area contributed by atoms with Gasteiger partial charge < -0.3 is 10.2 Å². The van der Waals surface area contributed by atoms with E-state index in [4.69, 9.17) is 10.2 Å². The minimum Gasteiger partial charge on any atom is -0.396 e. The molecule has 0 aliphatic rings. The fourth-order valence-electron chi connectivity index (χ4n) is 1.78. The van der Waals surface area contributed by atoms with Gasteiger partial charge in [0.1, 0.15) is 0 Å². The van der Waals surface area contributed by atoms with Gasteiger partial charge in [-0.3, -0.25) is 4.90 Å². The molecule has 17 heavy (non-hydrogen) atoms. The molecule has 0 atom stereocenters. The van der Waals surface area contributed by atoms with Crippen LogP contribution in [0.2, 0.25) is 0 Å². The highest BCUT2D eigenvalue weighted by Gasteiger charge is 2.07. The van der Waals surface area contributed by atoms with Gasteiger partial charge >= 0.3 is 0 Å². The molecule has 1 aromatic carbocycles. The summed E-state index contributed by atoms with van der Waals surface area (Å²) in [4.78, 5) is 2.16. The molecule has 2 N–H and O–H groups in total. The lowest BCUT2D eigenvalue weighted by atomic mass is 10.1. The maximum Gasteiger partial charge on any atom is 0.0558 e. The van der Waals surface area contributed by atoms with Crippen LogP contribution in [0.4, 0.5) is 0 Å². The van der Waals surface area contributed by atoms with E-state index in [1.165, 1.54) is 11.1 Å². The average molecular weight is 302 g/mol. The van der Waals surface area contributed by atoms with Crippen LogP contribution in [0.1, 0.15) is 17.5 Å². The van der Waals surface area contributed by atoms with Crippen molar-refractivity contribution in [2.45, 2.75) is 19.9 Å². The molecule has 0 spiro atoms. The normalized spacial score (nSPS) is 11.1. The molecule has 0 aliphatic heterocycles. The summed E-state index contributed by atoms with van der Waals surface area (Å²) in [7, 11) is 0. The van der Waals surface area contributed by atoms with E-state index >= 15 is 0 Å². The minimum atomic E-state index is 0.154. The molecular formula is C13H20BrNO2. The summed E-state index contributed by atoms with van der Waals surface area (Å²) >= 11 is 3.45. The van der Waals surface area contributed by atoms with Crippen LogP contribution in [0.25, 0.3) is 0 Å². The van der Waals surface area contributed by atoms with E-state index in [-0.39, 0.29) is 13.2 Å². The van der Waals surface area contributed by atoms with Gasteiger partial charge in [0, 0.05) is 30.7 Å². The second kappa shape index (κ2) is 7.82. The van der Waals surface area contributed by atoms with E-state index in [1.54, 1.807) is 0 Å². The quantitative estimate of drug-likeness (QED) is 0.809. The number of hydrogen-bond donors (Lipinski definition) is 2. The van der Waals surface area contributed by atoms with Crippen molar-refractivity contribution in [1.82, 2.24) is 4.90 Å². The second-order valence-corrected chi connectivity index (χ2v) is 5.06. The van der Waals surface area contributed by atoms with Crippen molar-refractivity contribution in [3.05, 3.63) is 33.8 Å².